The van der Waals surface area contributed by atoms with E-state index in [9.17, 15) is 4.79 Å². The van der Waals surface area contributed by atoms with Crippen molar-refractivity contribution >= 4 is 5.91 Å². The van der Waals surface area contributed by atoms with Gasteiger partial charge in [-0.05, 0) is 18.8 Å². The van der Waals surface area contributed by atoms with Gasteiger partial charge >= 0.3 is 0 Å². The lowest BCUT2D eigenvalue weighted by molar-refractivity contribution is -0.130. The third-order valence-electron chi connectivity index (χ3n) is 3.86. The second kappa shape index (κ2) is 4.33. The summed E-state index contributed by atoms with van der Waals surface area (Å²) in [6.45, 7) is 1.02. The van der Waals surface area contributed by atoms with Gasteiger partial charge in [0.1, 0.15) is 0 Å². The molecule has 1 amide bonds. The van der Waals surface area contributed by atoms with E-state index in [4.69, 9.17) is 0 Å². The number of nitrogens with zero attached hydrogens (tertiary/aromatic N) is 1. The number of likely N-dealkylation sites (tertiary alicyclic amines) is 1. The van der Waals surface area contributed by atoms with Gasteiger partial charge in [0.25, 0.3) is 0 Å². The molecule has 80 valence electrons. The van der Waals surface area contributed by atoms with Gasteiger partial charge in [-0.1, -0.05) is 32.1 Å². The Hall–Kier alpha value is -0.530. The van der Waals surface area contributed by atoms with Gasteiger partial charge in [-0.25, -0.2) is 0 Å². The van der Waals surface area contributed by atoms with Crippen molar-refractivity contribution in [2.24, 2.45) is 11.8 Å². The number of carbonyl (C=O) groups is 1. The molecule has 1 heterocycles. The summed E-state index contributed by atoms with van der Waals surface area (Å²) in [5.41, 5.74) is 0. The lowest BCUT2D eigenvalue weighted by atomic mass is 9.88. The molecule has 14 heavy (non-hydrogen) atoms. The maximum atomic E-state index is 11.8. The Morgan fingerprint density at radius 1 is 1.07 bits per heavy atom. The monoisotopic (exact) mass is 195 g/mol. The topological polar surface area (TPSA) is 20.3 Å². The molecular weight excluding hydrogens is 174 g/mol. The van der Waals surface area contributed by atoms with Crippen LogP contribution in [0, 0.1) is 11.8 Å². The SMILES string of the molecule is CN1CC2CCCCCCCC2C1=O. The molecule has 0 aromatic carbocycles. The highest BCUT2D eigenvalue weighted by Gasteiger charge is 2.37. The van der Waals surface area contributed by atoms with Crippen LogP contribution in [0.4, 0.5) is 0 Å². The third-order valence-corrected chi connectivity index (χ3v) is 3.86. The van der Waals surface area contributed by atoms with Gasteiger partial charge in [-0.3, -0.25) is 4.79 Å². The van der Waals surface area contributed by atoms with Gasteiger partial charge in [0.15, 0.2) is 0 Å². The van der Waals surface area contributed by atoms with E-state index in [0.29, 0.717) is 17.7 Å². The summed E-state index contributed by atoms with van der Waals surface area (Å²) in [7, 11) is 1.96. The molecule has 2 atom stereocenters. The normalized spacial score (nSPS) is 34.6. The van der Waals surface area contributed by atoms with Crippen LogP contribution >= 0.6 is 0 Å². The van der Waals surface area contributed by atoms with E-state index in [1.54, 1.807) is 0 Å². The van der Waals surface area contributed by atoms with Crippen LogP contribution < -0.4 is 0 Å². The summed E-state index contributed by atoms with van der Waals surface area (Å²) in [5, 5.41) is 0. The highest BCUT2D eigenvalue weighted by molar-refractivity contribution is 5.81. The smallest absolute Gasteiger partial charge is 0.225 e. The first kappa shape index (κ1) is 10.0. The first-order chi connectivity index (χ1) is 6.79. The molecule has 0 spiro atoms. The minimum absolute atomic E-state index is 0.373. The number of fused-ring (bicyclic) bond motifs is 1. The van der Waals surface area contributed by atoms with Crippen molar-refractivity contribution in [3.63, 3.8) is 0 Å². The van der Waals surface area contributed by atoms with E-state index in [0.717, 1.165) is 13.0 Å². The molecule has 2 nitrogen and oxygen atoms in total. The molecule has 2 unspecified atom stereocenters. The predicted molar refractivity (Wildman–Crippen MR) is 56.9 cm³/mol. The van der Waals surface area contributed by atoms with Crippen LogP contribution in [0.3, 0.4) is 0 Å². The average Bonchev–Trinajstić information content (AvgIpc) is 2.49. The van der Waals surface area contributed by atoms with Crippen molar-refractivity contribution in [3.8, 4) is 0 Å². The first-order valence-electron chi connectivity index (χ1n) is 6.04. The van der Waals surface area contributed by atoms with Crippen LogP contribution in [-0.4, -0.2) is 24.4 Å². The quantitative estimate of drug-likeness (QED) is 0.581. The molecule has 0 aromatic rings. The minimum atomic E-state index is 0.373. The van der Waals surface area contributed by atoms with Crippen molar-refractivity contribution in [3.05, 3.63) is 0 Å². The van der Waals surface area contributed by atoms with E-state index >= 15 is 0 Å². The standard InChI is InChI=1S/C12H21NO/c1-13-9-10-7-5-3-2-4-6-8-11(10)12(13)14/h10-11H,2-9H2,1H3. The zero-order valence-corrected chi connectivity index (χ0v) is 9.17. The Bertz CT molecular complexity index is 214. The fourth-order valence-corrected chi connectivity index (χ4v) is 3.01. The molecular formula is C12H21NO. The Morgan fingerprint density at radius 3 is 2.50 bits per heavy atom. The molecule has 0 N–H and O–H groups in total. The molecule has 1 saturated carbocycles. The summed E-state index contributed by atoms with van der Waals surface area (Å²) in [6, 6.07) is 0. The first-order valence-corrected chi connectivity index (χ1v) is 6.04. The number of carbonyl (C=O) groups excluding carboxylic acids is 1. The Kier molecular flexibility index (Phi) is 3.09. The van der Waals surface area contributed by atoms with Gasteiger partial charge in [-0.2, -0.15) is 0 Å². The second-order valence-electron chi connectivity index (χ2n) is 4.93. The number of hydrogen-bond acceptors (Lipinski definition) is 1. The summed E-state index contributed by atoms with van der Waals surface area (Å²) < 4.78 is 0. The second-order valence-corrected chi connectivity index (χ2v) is 4.93. The van der Waals surface area contributed by atoms with Crippen molar-refractivity contribution in [2.45, 2.75) is 44.9 Å². The highest BCUT2D eigenvalue weighted by Crippen LogP contribution is 2.33. The maximum absolute atomic E-state index is 11.8. The summed E-state index contributed by atoms with van der Waals surface area (Å²) in [4.78, 5) is 13.8. The highest BCUT2D eigenvalue weighted by atomic mass is 16.2. The fraction of sp³-hybridized carbons (Fsp3) is 0.917. The molecule has 0 aromatic heterocycles. The molecule has 1 aliphatic heterocycles. The van der Waals surface area contributed by atoms with E-state index in [-0.39, 0.29) is 0 Å². The van der Waals surface area contributed by atoms with Crippen molar-refractivity contribution in [2.75, 3.05) is 13.6 Å². The Balaban J connectivity index is 2.02. The Morgan fingerprint density at radius 2 is 1.71 bits per heavy atom. The van der Waals surface area contributed by atoms with E-state index < -0.39 is 0 Å². The van der Waals surface area contributed by atoms with Gasteiger partial charge in [0, 0.05) is 19.5 Å². The van der Waals surface area contributed by atoms with Crippen LogP contribution in [0.1, 0.15) is 44.9 Å². The largest absolute Gasteiger partial charge is 0.345 e. The fourth-order valence-electron chi connectivity index (χ4n) is 3.01. The Labute approximate surface area is 86.7 Å². The molecule has 2 rings (SSSR count). The van der Waals surface area contributed by atoms with Crippen LogP contribution in [0.5, 0.6) is 0 Å². The maximum Gasteiger partial charge on any atom is 0.225 e. The molecule has 2 heteroatoms. The third kappa shape index (κ3) is 1.94. The van der Waals surface area contributed by atoms with Crippen LogP contribution in [0.2, 0.25) is 0 Å². The van der Waals surface area contributed by atoms with E-state index in [2.05, 4.69) is 0 Å². The van der Waals surface area contributed by atoms with Crippen molar-refractivity contribution in [1.29, 1.82) is 0 Å². The molecule has 2 fully saturated rings. The predicted octanol–water partition coefficient (Wildman–Crippen LogP) is 2.44. The molecule has 0 radical (unpaired) electrons. The molecule has 0 bridgehead atoms. The van der Waals surface area contributed by atoms with Gasteiger partial charge in [-0.15, -0.1) is 0 Å². The summed E-state index contributed by atoms with van der Waals surface area (Å²) in [6.07, 6.45) is 9.11. The van der Waals surface area contributed by atoms with Gasteiger partial charge in [0.05, 0.1) is 0 Å². The number of hydrogen-bond donors (Lipinski definition) is 0. The molecule has 1 saturated heterocycles. The van der Waals surface area contributed by atoms with Crippen molar-refractivity contribution in [1.82, 2.24) is 4.90 Å². The van der Waals surface area contributed by atoms with Crippen LogP contribution in [0.25, 0.3) is 0 Å². The number of rotatable bonds is 0. The lowest BCUT2D eigenvalue weighted by Gasteiger charge is -2.14. The van der Waals surface area contributed by atoms with Crippen molar-refractivity contribution < 1.29 is 4.79 Å². The number of amides is 1. The zero-order chi connectivity index (χ0) is 9.97. The molecule has 1 aliphatic carbocycles. The van der Waals surface area contributed by atoms with Crippen LogP contribution in [-0.2, 0) is 4.79 Å². The molecule has 2 aliphatic rings. The van der Waals surface area contributed by atoms with Gasteiger partial charge in [0.2, 0.25) is 5.91 Å². The summed E-state index contributed by atoms with van der Waals surface area (Å²) >= 11 is 0. The van der Waals surface area contributed by atoms with Gasteiger partial charge < -0.3 is 4.90 Å². The van der Waals surface area contributed by atoms with E-state index in [1.807, 2.05) is 11.9 Å². The van der Waals surface area contributed by atoms with Crippen LogP contribution in [0.15, 0.2) is 0 Å². The minimum Gasteiger partial charge on any atom is -0.345 e. The zero-order valence-electron chi connectivity index (χ0n) is 9.17. The van der Waals surface area contributed by atoms with E-state index in [1.165, 1.54) is 38.5 Å². The lowest BCUT2D eigenvalue weighted by Crippen LogP contribution is -2.22. The average molecular weight is 195 g/mol. The summed E-state index contributed by atoms with van der Waals surface area (Å²) in [5.74, 6) is 1.46.